The van der Waals surface area contributed by atoms with Gasteiger partial charge in [0, 0.05) is 21.8 Å². The maximum atomic E-state index is 11.9. The zero-order valence-corrected chi connectivity index (χ0v) is 16.4. The molecule has 1 N–H and O–H groups in total. The van der Waals surface area contributed by atoms with Gasteiger partial charge in [0.15, 0.2) is 6.61 Å². The number of carbonyl (C=O) groups excluding carboxylic acids is 3. The van der Waals surface area contributed by atoms with Crippen LogP contribution < -0.4 is 5.32 Å². The lowest BCUT2D eigenvalue weighted by Gasteiger charge is -2.06. The number of anilines is 1. The number of carbonyl (C=O) groups is 3. The maximum Gasteiger partial charge on any atom is 0.338 e. The average molecular weight is 422 g/mol. The summed E-state index contributed by atoms with van der Waals surface area (Å²) in [6.07, 6.45) is 2.63. The van der Waals surface area contributed by atoms with Crippen molar-refractivity contribution in [3.8, 4) is 0 Å². The summed E-state index contributed by atoms with van der Waals surface area (Å²) in [5.74, 6) is -1.66. The molecular weight excluding hydrogens is 405 g/mol. The summed E-state index contributed by atoms with van der Waals surface area (Å²) in [6, 6.07) is 11.0. The minimum atomic E-state index is -0.696. The molecule has 1 amide bonds. The molecule has 0 aliphatic heterocycles. The average Bonchev–Trinajstić information content (AvgIpc) is 2.66. The Balaban J connectivity index is 1.82. The molecule has 0 aliphatic carbocycles. The third-order valence-corrected chi connectivity index (χ3v) is 3.95. The Kier molecular flexibility index (Phi) is 8.04. The monoisotopic (exact) mass is 421 g/mol. The summed E-state index contributed by atoms with van der Waals surface area (Å²) in [4.78, 5) is 35.2. The van der Waals surface area contributed by atoms with Crippen molar-refractivity contribution in [2.24, 2.45) is 0 Å². The molecule has 2 aromatic carbocycles. The highest BCUT2D eigenvalue weighted by molar-refractivity contribution is 6.35. The first-order valence-corrected chi connectivity index (χ1v) is 9.01. The number of nitrogens with one attached hydrogen (secondary N) is 1. The van der Waals surface area contributed by atoms with E-state index in [1.54, 1.807) is 37.3 Å². The second-order valence-corrected chi connectivity index (χ2v) is 6.30. The van der Waals surface area contributed by atoms with E-state index in [1.807, 2.05) is 0 Å². The van der Waals surface area contributed by atoms with Gasteiger partial charge in [0.25, 0.3) is 5.91 Å². The smallest absolute Gasteiger partial charge is 0.338 e. The Hall–Kier alpha value is -2.83. The molecule has 8 heteroatoms. The third kappa shape index (κ3) is 6.72. The Morgan fingerprint density at radius 3 is 2.39 bits per heavy atom. The van der Waals surface area contributed by atoms with E-state index in [0.717, 1.165) is 6.08 Å². The van der Waals surface area contributed by atoms with Crippen LogP contribution in [0.3, 0.4) is 0 Å². The minimum Gasteiger partial charge on any atom is -0.462 e. The van der Waals surface area contributed by atoms with E-state index >= 15 is 0 Å². The Morgan fingerprint density at radius 1 is 1.04 bits per heavy atom. The highest BCUT2D eigenvalue weighted by Gasteiger charge is 2.09. The van der Waals surface area contributed by atoms with Crippen molar-refractivity contribution in [2.45, 2.75) is 6.92 Å². The van der Waals surface area contributed by atoms with E-state index in [9.17, 15) is 14.4 Å². The van der Waals surface area contributed by atoms with Crippen LogP contribution in [0.1, 0.15) is 22.8 Å². The van der Waals surface area contributed by atoms with Gasteiger partial charge in [-0.3, -0.25) is 4.79 Å². The fraction of sp³-hybridized carbons (Fsp3) is 0.150. The third-order valence-electron chi connectivity index (χ3n) is 3.39. The van der Waals surface area contributed by atoms with E-state index in [2.05, 4.69) is 5.32 Å². The molecule has 0 heterocycles. The van der Waals surface area contributed by atoms with Crippen molar-refractivity contribution in [3.63, 3.8) is 0 Å². The first kappa shape index (κ1) is 21.5. The molecule has 0 saturated carbocycles. The molecule has 2 aromatic rings. The van der Waals surface area contributed by atoms with Gasteiger partial charge in [0.1, 0.15) is 0 Å². The summed E-state index contributed by atoms with van der Waals surface area (Å²) in [6.45, 7) is 1.53. The predicted molar refractivity (Wildman–Crippen MR) is 107 cm³/mol. The molecule has 28 heavy (non-hydrogen) atoms. The molecule has 0 saturated heterocycles. The molecule has 2 rings (SSSR count). The molecule has 0 spiro atoms. The summed E-state index contributed by atoms with van der Waals surface area (Å²) < 4.78 is 9.75. The van der Waals surface area contributed by atoms with Crippen LogP contribution >= 0.6 is 23.2 Å². The van der Waals surface area contributed by atoms with Gasteiger partial charge in [-0.1, -0.05) is 29.3 Å². The number of halogens is 2. The largest absolute Gasteiger partial charge is 0.462 e. The van der Waals surface area contributed by atoms with Crippen molar-refractivity contribution < 1.29 is 23.9 Å². The first-order valence-electron chi connectivity index (χ1n) is 8.26. The summed E-state index contributed by atoms with van der Waals surface area (Å²) in [5, 5.41) is 3.43. The minimum absolute atomic E-state index is 0.279. The van der Waals surface area contributed by atoms with E-state index in [-0.39, 0.29) is 6.61 Å². The Morgan fingerprint density at radius 2 is 1.75 bits per heavy atom. The maximum absolute atomic E-state index is 11.9. The van der Waals surface area contributed by atoms with Gasteiger partial charge >= 0.3 is 11.9 Å². The van der Waals surface area contributed by atoms with Gasteiger partial charge in [-0.25, -0.2) is 9.59 Å². The van der Waals surface area contributed by atoms with Crippen LogP contribution in [0, 0.1) is 0 Å². The second kappa shape index (κ2) is 10.5. The summed E-state index contributed by atoms with van der Waals surface area (Å²) in [7, 11) is 0. The Labute approximate surface area is 172 Å². The lowest BCUT2D eigenvalue weighted by atomic mass is 10.2. The SMILES string of the molecule is CCOC(=O)c1ccc(NC(=O)COC(=O)C=Cc2ccc(Cl)cc2Cl)cc1. The van der Waals surface area contributed by atoms with E-state index < -0.39 is 24.5 Å². The van der Waals surface area contributed by atoms with Crippen LogP contribution in [0.5, 0.6) is 0 Å². The van der Waals surface area contributed by atoms with Crippen LogP contribution in [-0.2, 0) is 19.1 Å². The topological polar surface area (TPSA) is 81.7 Å². The number of esters is 2. The quantitative estimate of drug-likeness (QED) is 0.530. The van der Waals surface area contributed by atoms with Gasteiger partial charge in [-0.2, -0.15) is 0 Å². The van der Waals surface area contributed by atoms with Crippen LogP contribution in [0.4, 0.5) is 5.69 Å². The number of ether oxygens (including phenoxy) is 2. The fourth-order valence-corrected chi connectivity index (χ4v) is 2.55. The Bertz CT molecular complexity index is 894. The van der Waals surface area contributed by atoms with E-state index in [4.69, 9.17) is 32.7 Å². The summed E-state index contributed by atoms with van der Waals surface area (Å²) in [5.41, 5.74) is 1.42. The number of rotatable bonds is 7. The number of hydrogen-bond donors (Lipinski definition) is 1. The van der Waals surface area contributed by atoms with Crippen molar-refractivity contribution >= 4 is 52.8 Å². The van der Waals surface area contributed by atoms with Crippen LogP contribution in [0.2, 0.25) is 10.0 Å². The van der Waals surface area contributed by atoms with Gasteiger partial charge in [-0.05, 0) is 55.0 Å². The molecule has 0 aliphatic rings. The molecule has 0 aromatic heterocycles. The normalized spacial score (nSPS) is 10.5. The molecule has 146 valence electrons. The van der Waals surface area contributed by atoms with Crippen LogP contribution in [0.25, 0.3) is 6.08 Å². The van der Waals surface area contributed by atoms with Gasteiger partial charge < -0.3 is 14.8 Å². The molecule has 6 nitrogen and oxygen atoms in total. The summed E-state index contributed by atoms with van der Waals surface area (Å²) >= 11 is 11.8. The van der Waals surface area contributed by atoms with Crippen molar-refractivity contribution in [2.75, 3.05) is 18.5 Å². The van der Waals surface area contributed by atoms with Crippen LogP contribution in [0.15, 0.2) is 48.5 Å². The first-order chi connectivity index (χ1) is 13.4. The van der Waals surface area contributed by atoms with Crippen molar-refractivity contribution in [3.05, 3.63) is 69.7 Å². The highest BCUT2D eigenvalue weighted by atomic mass is 35.5. The zero-order chi connectivity index (χ0) is 20.5. The molecular formula is C20H17Cl2NO5. The molecule has 0 bridgehead atoms. The van der Waals surface area contributed by atoms with Crippen LogP contribution in [-0.4, -0.2) is 31.1 Å². The predicted octanol–water partition coefficient (Wildman–Crippen LogP) is 4.37. The van der Waals surface area contributed by atoms with E-state index in [1.165, 1.54) is 18.2 Å². The zero-order valence-electron chi connectivity index (χ0n) is 14.9. The van der Waals surface area contributed by atoms with Gasteiger partial charge in [-0.15, -0.1) is 0 Å². The van der Waals surface area contributed by atoms with Crippen molar-refractivity contribution in [1.82, 2.24) is 0 Å². The number of benzene rings is 2. The lowest BCUT2D eigenvalue weighted by Crippen LogP contribution is -2.20. The highest BCUT2D eigenvalue weighted by Crippen LogP contribution is 2.22. The second-order valence-electron chi connectivity index (χ2n) is 5.45. The lowest BCUT2D eigenvalue weighted by molar-refractivity contribution is -0.142. The van der Waals surface area contributed by atoms with E-state index in [0.29, 0.717) is 26.9 Å². The van der Waals surface area contributed by atoms with Gasteiger partial charge in [0.05, 0.1) is 12.2 Å². The number of hydrogen-bond acceptors (Lipinski definition) is 5. The molecule has 0 fully saturated rings. The van der Waals surface area contributed by atoms with Crippen molar-refractivity contribution in [1.29, 1.82) is 0 Å². The fourth-order valence-electron chi connectivity index (χ4n) is 2.08. The molecule has 0 atom stereocenters. The number of amides is 1. The standard InChI is InChI=1S/C20H17Cl2NO5/c1-2-27-20(26)14-4-8-16(9-5-14)23-18(24)12-28-19(25)10-6-13-3-7-15(21)11-17(13)22/h3-11H,2,12H2,1H3,(H,23,24). The molecule has 0 unspecified atom stereocenters. The van der Waals surface area contributed by atoms with Gasteiger partial charge in [0.2, 0.25) is 0 Å². The molecule has 0 radical (unpaired) electrons.